The SMILES string of the molecule is CCOP(=O)(CCOc1ccc(OC(C)=O)cc1)OCC. The Morgan fingerprint density at radius 1 is 1.05 bits per heavy atom. The lowest BCUT2D eigenvalue weighted by molar-refractivity contribution is -0.131. The molecule has 1 aromatic carbocycles. The molecule has 0 saturated carbocycles. The van der Waals surface area contributed by atoms with Gasteiger partial charge in [0, 0.05) is 6.92 Å². The van der Waals surface area contributed by atoms with E-state index in [0.717, 1.165) is 0 Å². The molecular weight excluding hydrogens is 295 g/mol. The van der Waals surface area contributed by atoms with E-state index >= 15 is 0 Å². The van der Waals surface area contributed by atoms with Crippen molar-refractivity contribution in [2.24, 2.45) is 0 Å². The second-order valence-corrected chi connectivity index (χ2v) is 6.27. The van der Waals surface area contributed by atoms with Gasteiger partial charge in [0.2, 0.25) is 0 Å². The van der Waals surface area contributed by atoms with Gasteiger partial charge in [0.15, 0.2) is 0 Å². The van der Waals surface area contributed by atoms with Gasteiger partial charge in [-0.1, -0.05) is 0 Å². The van der Waals surface area contributed by atoms with Gasteiger partial charge in [-0.05, 0) is 38.1 Å². The van der Waals surface area contributed by atoms with E-state index in [1.807, 2.05) is 0 Å². The maximum atomic E-state index is 12.2. The van der Waals surface area contributed by atoms with Gasteiger partial charge >= 0.3 is 13.6 Å². The summed E-state index contributed by atoms with van der Waals surface area (Å²) in [5, 5.41) is 0. The van der Waals surface area contributed by atoms with Crippen LogP contribution in [0.15, 0.2) is 24.3 Å². The van der Waals surface area contributed by atoms with Crippen LogP contribution in [0.4, 0.5) is 0 Å². The summed E-state index contributed by atoms with van der Waals surface area (Å²) in [5.74, 6) is 0.660. The molecule has 0 atom stereocenters. The Morgan fingerprint density at radius 3 is 2.05 bits per heavy atom. The molecule has 0 amide bonds. The van der Waals surface area contributed by atoms with Crippen molar-refractivity contribution in [3.63, 3.8) is 0 Å². The Balaban J connectivity index is 2.47. The molecule has 0 aliphatic heterocycles. The van der Waals surface area contributed by atoms with Crippen molar-refractivity contribution < 1.29 is 27.9 Å². The number of ether oxygens (including phenoxy) is 2. The number of rotatable bonds is 9. The molecule has 0 aromatic heterocycles. The van der Waals surface area contributed by atoms with Gasteiger partial charge in [-0.3, -0.25) is 9.36 Å². The van der Waals surface area contributed by atoms with Crippen molar-refractivity contribution in [1.29, 1.82) is 0 Å². The average molecular weight is 316 g/mol. The van der Waals surface area contributed by atoms with Crippen molar-refractivity contribution in [1.82, 2.24) is 0 Å². The van der Waals surface area contributed by atoms with Crippen LogP contribution in [0.3, 0.4) is 0 Å². The first-order chi connectivity index (χ1) is 9.99. The highest BCUT2D eigenvalue weighted by Gasteiger charge is 2.23. The van der Waals surface area contributed by atoms with Crippen LogP contribution < -0.4 is 9.47 Å². The minimum absolute atomic E-state index is 0.181. The van der Waals surface area contributed by atoms with Crippen molar-refractivity contribution >= 4 is 13.6 Å². The molecule has 0 spiro atoms. The second-order valence-electron chi connectivity index (χ2n) is 4.08. The molecule has 0 aliphatic carbocycles. The molecule has 1 rings (SSSR count). The summed E-state index contributed by atoms with van der Waals surface area (Å²) < 4.78 is 32.9. The number of hydrogen-bond acceptors (Lipinski definition) is 6. The fraction of sp³-hybridized carbons (Fsp3) is 0.500. The van der Waals surface area contributed by atoms with Gasteiger partial charge in [-0.25, -0.2) is 0 Å². The molecule has 0 bridgehead atoms. The summed E-state index contributed by atoms with van der Waals surface area (Å²) in [6.07, 6.45) is 0.181. The summed E-state index contributed by atoms with van der Waals surface area (Å²) in [6, 6.07) is 6.60. The lowest BCUT2D eigenvalue weighted by Gasteiger charge is -2.17. The molecule has 1 aromatic rings. The predicted octanol–water partition coefficient (Wildman–Crippen LogP) is 3.26. The fourth-order valence-electron chi connectivity index (χ4n) is 1.60. The van der Waals surface area contributed by atoms with E-state index < -0.39 is 7.60 Å². The maximum absolute atomic E-state index is 12.2. The topological polar surface area (TPSA) is 71.1 Å². The van der Waals surface area contributed by atoms with Crippen LogP contribution in [0.25, 0.3) is 0 Å². The predicted molar refractivity (Wildman–Crippen MR) is 79.0 cm³/mol. The maximum Gasteiger partial charge on any atom is 0.334 e. The van der Waals surface area contributed by atoms with Crippen LogP contribution in [-0.4, -0.2) is 32.0 Å². The molecule has 0 heterocycles. The molecule has 21 heavy (non-hydrogen) atoms. The summed E-state index contributed by atoms with van der Waals surface area (Å²) in [7, 11) is -3.08. The average Bonchev–Trinajstić information content (AvgIpc) is 2.40. The van der Waals surface area contributed by atoms with E-state index in [-0.39, 0.29) is 18.7 Å². The van der Waals surface area contributed by atoms with Crippen molar-refractivity contribution in [2.75, 3.05) is 26.0 Å². The molecular formula is C14H21O6P. The first-order valence-electron chi connectivity index (χ1n) is 6.78. The monoisotopic (exact) mass is 316 g/mol. The van der Waals surface area contributed by atoms with Gasteiger partial charge in [0.05, 0.1) is 26.0 Å². The molecule has 0 fully saturated rings. The minimum Gasteiger partial charge on any atom is -0.493 e. The van der Waals surface area contributed by atoms with Crippen molar-refractivity contribution in [3.8, 4) is 11.5 Å². The number of hydrogen-bond donors (Lipinski definition) is 0. The highest BCUT2D eigenvalue weighted by atomic mass is 31.2. The van der Waals surface area contributed by atoms with E-state index in [1.165, 1.54) is 6.92 Å². The van der Waals surface area contributed by atoms with E-state index in [2.05, 4.69) is 0 Å². The molecule has 0 radical (unpaired) electrons. The number of carbonyl (C=O) groups is 1. The molecule has 7 heteroatoms. The third kappa shape index (κ3) is 6.76. The smallest absolute Gasteiger partial charge is 0.334 e. The van der Waals surface area contributed by atoms with Gasteiger partial charge in [-0.2, -0.15) is 0 Å². The third-order valence-corrected chi connectivity index (χ3v) is 4.40. The highest BCUT2D eigenvalue weighted by molar-refractivity contribution is 7.53. The van der Waals surface area contributed by atoms with E-state index in [0.29, 0.717) is 24.7 Å². The molecule has 6 nitrogen and oxygen atoms in total. The van der Waals surface area contributed by atoms with Crippen LogP contribution in [-0.2, 0) is 18.4 Å². The zero-order valence-corrected chi connectivity index (χ0v) is 13.4. The van der Waals surface area contributed by atoms with E-state index in [4.69, 9.17) is 18.5 Å². The summed E-state index contributed by atoms with van der Waals surface area (Å²) in [5.41, 5.74) is 0. The number of benzene rings is 1. The Kier molecular flexibility index (Phi) is 7.43. The minimum atomic E-state index is -3.08. The van der Waals surface area contributed by atoms with Gasteiger partial charge in [-0.15, -0.1) is 0 Å². The normalized spacial score (nSPS) is 11.2. The van der Waals surface area contributed by atoms with Crippen LogP contribution in [0.2, 0.25) is 0 Å². The largest absolute Gasteiger partial charge is 0.493 e. The zero-order valence-electron chi connectivity index (χ0n) is 12.5. The fourth-order valence-corrected chi connectivity index (χ4v) is 3.04. The van der Waals surface area contributed by atoms with Crippen LogP contribution in [0.1, 0.15) is 20.8 Å². The standard InChI is InChI=1S/C14H21O6P/c1-4-18-21(16,19-5-2)11-10-17-13-6-8-14(9-7-13)20-12(3)15/h6-9H,4-5,10-11H2,1-3H3. The number of esters is 1. The first kappa shape index (κ1) is 17.7. The van der Waals surface area contributed by atoms with E-state index in [9.17, 15) is 9.36 Å². The van der Waals surface area contributed by atoms with Crippen LogP contribution in [0, 0.1) is 0 Å². The van der Waals surface area contributed by atoms with Crippen molar-refractivity contribution in [3.05, 3.63) is 24.3 Å². The van der Waals surface area contributed by atoms with E-state index in [1.54, 1.807) is 38.1 Å². The molecule has 0 aliphatic rings. The summed E-state index contributed by atoms with van der Waals surface area (Å²) >= 11 is 0. The van der Waals surface area contributed by atoms with Gasteiger partial charge in [0.1, 0.15) is 11.5 Å². The van der Waals surface area contributed by atoms with Gasteiger partial charge in [0.25, 0.3) is 0 Å². The molecule has 0 saturated heterocycles. The summed E-state index contributed by atoms with van der Waals surface area (Å²) in [4.78, 5) is 10.8. The lowest BCUT2D eigenvalue weighted by Crippen LogP contribution is -2.08. The van der Waals surface area contributed by atoms with Crippen molar-refractivity contribution in [2.45, 2.75) is 20.8 Å². The Bertz CT molecular complexity index is 475. The quantitative estimate of drug-likeness (QED) is 0.395. The molecule has 0 N–H and O–H groups in total. The highest BCUT2D eigenvalue weighted by Crippen LogP contribution is 2.47. The lowest BCUT2D eigenvalue weighted by atomic mass is 10.3. The molecule has 0 unspecified atom stereocenters. The van der Waals surface area contributed by atoms with Crippen LogP contribution >= 0.6 is 7.60 Å². The Hall–Kier alpha value is -1.36. The zero-order chi connectivity index (χ0) is 15.7. The van der Waals surface area contributed by atoms with Gasteiger partial charge < -0.3 is 18.5 Å². The Labute approximate surface area is 124 Å². The number of carbonyl (C=O) groups excluding carboxylic acids is 1. The Morgan fingerprint density at radius 2 is 1.57 bits per heavy atom. The second kappa shape index (κ2) is 8.82. The summed E-state index contributed by atoms with van der Waals surface area (Å²) in [6.45, 7) is 5.73. The van der Waals surface area contributed by atoms with Crippen LogP contribution in [0.5, 0.6) is 11.5 Å². The third-order valence-electron chi connectivity index (χ3n) is 2.37. The first-order valence-corrected chi connectivity index (χ1v) is 8.51. The molecule has 118 valence electrons.